The largest absolute Gasteiger partial charge is 0.346 e. The highest BCUT2D eigenvalue weighted by atomic mass is 32.2. The first-order valence-electron chi connectivity index (χ1n) is 7.43. The summed E-state index contributed by atoms with van der Waals surface area (Å²) in [6.45, 7) is 2.29. The van der Waals surface area contributed by atoms with Gasteiger partial charge in [-0.25, -0.2) is 18.4 Å². The zero-order valence-corrected chi connectivity index (χ0v) is 14.3. The Kier molecular flexibility index (Phi) is 3.97. The van der Waals surface area contributed by atoms with Crippen LogP contribution in [0.1, 0.15) is 18.8 Å². The van der Waals surface area contributed by atoms with Crippen molar-refractivity contribution in [1.82, 2.24) is 14.5 Å². The van der Waals surface area contributed by atoms with Crippen LogP contribution in [-0.4, -0.2) is 47.3 Å². The first-order valence-corrected chi connectivity index (χ1v) is 9.49. The minimum absolute atomic E-state index is 0.0914. The summed E-state index contributed by atoms with van der Waals surface area (Å²) in [5.74, 6) is 1.77. The highest BCUT2D eigenvalue weighted by Gasteiger charge is 2.26. The minimum atomic E-state index is -3.04. The molecule has 1 aliphatic heterocycles. The highest BCUT2D eigenvalue weighted by Crippen LogP contribution is 2.27. The van der Waals surface area contributed by atoms with Crippen molar-refractivity contribution in [1.29, 1.82) is 0 Å². The fraction of sp³-hybridized carbons (Fsp3) is 0.375. The molecule has 0 radical (unpaired) electrons. The summed E-state index contributed by atoms with van der Waals surface area (Å²) >= 11 is 0. The predicted octanol–water partition coefficient (Wildman–Crippen LogP) is 1.91. The van der Waals surface area contributed by atoms with E-state index in [2.05, 4.69) is 9.56 Å². The lowest BCUT2D eigenvalue weighted by molar-refractivity contribution is 0.358. The molecule has 23 heavy (non-hydrogen) atoms. The quantitative estimate of drug-likeness (QED) is 0.858. The van der Waals surface area contributed by atoms with Crippen molar-refractivity contribution in [2.45, 2.75) is 13.0 Å². The predicted molar refractivity (Wildman–Crippen MR) is 92.1 cm³/mol. The lowest BCUT2D eigenvalue weighted by atomic mass is 10.2. The molecule has 0 N–H and O–H groups in total. The van der Waals surface area contributed by atoms with Crippen molar-refractivity contribution in [2.75, 3.05) is 18.6 Å². The van der Waals surface area contributed by atoms with Gasteiger partial charge in [0.05, 0.1) is 16.8 Å². The molecule has 1 unspecified atom stereocenters. The zero-order valence-electron chi connectivity index (χ0n) is 13.5. The first kappa shape index (κ1) is 15.7. The SMILES string of the molecule is CC1=NC=CC(c2nc3ccccc3n2C)N1CCS(C)(=O)=O. The van der Waals surface area contributed by atoms with E-state index in [-0.39, 0.29) is 11.8 Å². The molecule has 0 amide bonds. The van der Waals surface area contributed by atoms with Crippen LogP contribution in [0.3, 0.4) is 0 Å². The number of imidazole rings is 1. The molecule has 3 rings (SSSR count). The van der Waals surface area contributed by atoms with Crippen LogP contribution in [0.25, 0.3) is 11.0 Å². The molecule has 2 aromatic rings. The summed E-state index contributed by atoms with van der Waals surface area (Å²) in [4.78, 5) is 11.0. The molecular weight excluding hydrogens is 312 g/mol. The molecule has 1 aromatic heterocycles. The van der Waals surface area contributed by atoms with Crippen molar-refractivity contribution in [3.8, 4) is 0 Å². The lowest BCUT2D eigenvalue weighted by Gasteiger charge is -2.32. The van der Waals surface area contributed by atoms with Crippen LogP contribution in [0.5, 0.6) is 0 Å². The van der Waals surface area contributed by atoms with Gasteiger partial charge in [-0.2, -0.15) is 0 Å². The van der Waals surface area contributed by atoms with Gasteiger partial charge in [-0.05, 0) is 25.1 Å². The summed E-state index contributed by atoms with van der Waals surface area (Å²) in [7, 11) is -1.05. The van der Waals surface area contributed by atoms with Crippen molar-refractivity contribution in [3.05, 3.63) is 42.4 Å². The van der Waals surface area contributed by atoms with Crippen LogP contribution < -0.4 is 0 Å². The minimum Gasteiger partial charge on any atom is -0.346 e. The van der Waals surface area contributed by atoms with Crippen molar-refractivity contribution in [2.24, 2.45) is 12.0 Å². The van der Waals surface area contributed by atoms with Crippen LogP contribution in [-0.2, 0) is 16.9 Å². The number of fused-ring (bicyclic) bond motifs is 1. The van der Waals surface area contributed by atoms with Gasteiger partial charge in [-0.3, -0.25) is 0 Å². The Morgan fingerprint density at radius 3 is 2.70 bits per heavy atom. The molecule has 1 aromatic carbocycles. The Bertz CT molecular complexity index is 896. The third-order valence-electron chi connectivity index (χ3n) is 4.07. The summed E-state index contributed by atoms with van der Waals surface area (Å²) in [5, 5.41) is 0. The van der Waals surface area contributed by atoms with E-state index in [1.807, 2.05) is 49.2 Å². The van der Waals surface area contributed by atoms with Gasteiger partial charge in [0.2, 0.25) is 0 Å². The Morgan fingerprint density at radius 1 is 1.26 bits per heavy atom. The van der Waals surface area contributed by atoms with Gasteiger partial charge in [-0.15, -0.1) is 0 Å². The monoisotopic (exact) mass is 332 g/mol. The highest BCUT2D eigenvalue weighted by molar-refractivity contribution is 7.90. The topological polar surface area (TPSA) is 67.6 Å². The van der Waals surface area contributed by atoms with Crippen LogP contribution >= 0.6 is 0 Å². The molecule has 7 heteroatoms. The van der Waals surface area contributed by atoms with Crippen molar-refractivity contribution < 1.29 is 8.42 Å². The molecule has 0 fully saturated rings. The Morgan fingerprint density at radius 2 is 2.00 bits per heavy atom. The van der Waals surface area contributed by atoms with E-state index in [4.69, 9.17) is 4.98 Å². The van der Waals surface area contributed by atoms with Crippen LogP contribution in [0.4, 0.5) is 0 Å². The molecule has 0 aliphatic carbocycles. The van der Waals surface area contributed by atoms with E-state index < -0.39 is 9.84 Å². The van der Waals surface area contributed by atoms with Crippen LogP contribution in [0.2, 0.25) is 0 Å². The Labute approximate surface area is 136 Å². The van der Waals surface area contributed by atoms with E-state index >= 15 is 0 Å². The van der Waals surface area contributed by atoms with E-state index in [0.29, 0.717) is 6.54 Å². The number of hydrogen-bond acceptors (Lipinski definition) is 5. The Balaban J connectivity index is 1.99. The second kappa shape index (κ2) is 5.81. The maximum absolute atomic E-state index is 11.5. The maximum atomic E-state index is 11.5. The molecule has 1 atom stereocenters. The number of amidine groups is 1. The van der Waals surface area contributed by atoms with Crippen LogP contribution in [0, 0.1) is 0 Å². The molecule has 2 heterocycles. The third-order valence-corrected chi connectivity index (χ3v) is 4.99. The van der Waals surface area contributed by atoms with Gasteiger partial charge in [-0.1, -0.05) is 12.1 Å². The number of hydrogen-bond donors (Lipinski definition) is 0. The molecule has 0 saturated heterocycles. The summed E-state index contributed by atoms with van der Waals surface area (Å²) in [5.41, 5.74) is 1.99. The smallest absolute Gasteiger partial charge is 0.149 e. The average Bonchev–Trinajstić information content (AvgIpc) is 2.82. The van der Waals surface area contributed by atoms with E-state index in [1.165, 1.54) is 6.26 Å². The number of benzene rings is 1. The normalized spacial score (nSPS) is 18.5. The molecule has 0 spiro atoms. The Hall–Kier alpha value is -2.15. The number of aryl methyl sites for hydroxylation is 1. The van der Waals surface area contributed by atoms with E-state index in [9.17, 15) is 8.42 Å². The van der Waals surface area contributed by atoms with Gasteiger partial charge < -0.3 is 9.47 Å². The lowest BCUT2D eigenvalue weighted by Crippen LogP contribution is -2.38. The summed E-state index contributed by atoms with van der Waals surface area (Å²) < 4.78 is 25.1. The molecular formula is C16H20N4O2S. The molecule has 6 nitrogen and oxygen atoms in total. The number of aromatic nitrogens is 2. The number of sulfone groups is 1. The molecule has 0 bridgehead atoms. The number of rotatable bonds is 4. The zero-order chi connectivity index (χ0) is 16.6. The van der Waals surface area contributed by atoms with Gasteiger partial charge in [0.25, 0.3) is 0 Å². The van der Waals surface area contributed by atoms with Gasteiger partial charge in [0.15, 0.2) is 0 Å². The maximum Gasteiger partial charge on any atom is 0.149 e. The van der Waals surface area contributed by atoms with Gasteiger partial charge >= 0.3 is 0 Å². The van der Waals surface area contributed by atoms with E-state index in [0.717, 1.165) is 22.7 Å². The summed E-state index contributed by atoms with van der Waals surface area (Å²) in [6, 6.07) is 7.84. The van der Waals surface area contributed by atoms with E-state index in [1.54, 1.807) is 6.20 Å². The number of aliphatic imine (C=N–C) groups is 1. The molecule has 122 valence electrons. The fourth-order valence-corrected chi connectivity index (χ4v) is 3.36. The van der Waals surface area contributed by atoms with Crippen molar-refractivity contribution >= 4 is 26.7 Å². The molecule has 1 aliphatic rings. The standard InChI is InChI=1S/C16H20N4O2S/c1-12-17-9-8-15(20(12)10-11-23(3,21)22)16-18-13-6-4-5-7-14(13)19(16)2/h4-9,15H,10-11H2,1-3H3. The number of para-hydroxylation sites is 2. The second-order valence-corrected chi connectivity index (χ2v) is 8.06. The van der Waals surface area contributed by atoms with Gasteiger partial charge in [0.1, 0.15) is 27.5 Å². The number of nitrogens with zero attached hydrogens (tertiary/aromatic N) is 4. The fourth-order valence-electron chi connectivity index (χ4n) is 2.83. The van der Waals surface area contributed by atoms with Gasteiger partial charge in [0, 0.05) is 26.0 Å². The second-order valence-electron chi connectivity index (χ2n) is 5.80. The first-order chi connectivity index (χ1) is 10.9. The van der Waals surface area contributed by atoms with Crippen LogP contribution in [0.15, 0.2) is 41.5 Å². The average molecular weight is 332 g/mol. The molecule has 0 saturated carbocycles. The van der Waals surface area contributed by atoms with Crippen molar-refractivity contribution in [3.63, 3.8) is 0 Å². The third kappa shape index (κ3) is 3.14. The summed E-state index contributed by atoms with van der Waals surface area (Å²) in [6.07, 6.45) is 4.97.